The Morgan fingerprint density at radius 3 is 2.33 bits per heavy atom. The van der Waals surface area contributed by atoms with Crippen LogP contribution in [0, 0.1) is 0 Å². The minimum Gasteiger partial charge on any atom is -0.467 e. The smallest absolute Gasteiger partial charge is 0.416 e. The van der Waals surface area contributed by atoms with E-state index >= 15 is 0 Å². The molecule has 0 spiro atoms. The summed E-state index contributed by atoms with van der Waals surface area (Å²) in [5.41, 5.74) is 0.888. The quantitative estimate of drug-likeness (QED) is 0.570. The molecule has 1 heterocycles. The van der Waals surface area contributed by atoms with Crippen molar-refractivity contribution in [1.82, 2.24) is 15.0 Å². The predicted molar refractivity (Wildman–Crippen MR) is 107 cm³/mol. The van der Waals surface area contributed by atoms with Crippen molar-refractivity contribution in [1.29, 1.82) is 0 Å². The number of ether oxygens (including phenoxy) is 1. The first kappa shape index (κ1) is 22.0. The lowest BCUT2D eigenvalue weighted by molar-refractivity contribution is -0.138. The van der Waals surface area contributed by atoms with Crippen LogP contribution in [0.1, 0.15) is 36.5 Å². The number of hydrogen-bond donors (Lipinski definition) is 1. The Morgan fingerprint density at radius 2 is 1.73 bits per heavy atom. The predicted octanol–water partition coefficient (Wildman–Crippen LogP) is 5.50. The first-order valence-electron chi connectivity index (χ1n) is 9.05. The highest BCUT2D eigenvalue weighted by Gasteiger charge is 2.34. The van der Waals surface area contributed by atoms with Gasteiger partial charge in [-0.25, -0.2) is 4.98 Å². The van der Waals surface area contributed by atoms with Gasteiger partial charge >= 0.3 is 12.2 Å². The monoisotopic (exact) mass is 437 g/mol. The second-order valence-corrected chi connectivity index (χ2v) is 7.30. The van der Waals surface area contributed by atoms with Crippen LogP contribution in [-0.4, -0.2) is 27.2 Å². The number of alkyl halides is 3. The van der Waals surface area contributed by atoms with Gasteiger partial charge in [-0.2, -0.15) is 23.1 Å². The molecule has 0 radical (unpaired) electrons. The van der Waals surface area contributed by atoms with Gasteiger partial charge in [0.05, 0.1) is 24.3 Å². The van der Waals surface area contributed by atoms with Gasteiger partial charge in [0.25, 0.3) is 0 Å². The van der Waals surface area contributed by atoms with Crippen molar-refractivity contribution in [3.63, 3.8) is 0 Å². The van der Waals surface area contributed by atoms with Crippen LogP contribution in [0.25, 0.3) is 22.8 Å². The molecule has 5 nitrogen and oxygen atoms in total. The Morgan fingerprint density at radius 1 is 1.03 bits per heavy atom. The lowest BCUT2D eigenvalue weighted by atomic mass is 9.94. The standard InChI is InChI=1S/C21H19ClF3N3O2/c1-11(2)14-9-13(5-6-16(14)21(23,24)25)18-26-19(28-20(27-18)30-3)15-8-12(10-29)4-7-17(15)22/h4-9,11,29H,10H2,1-3H3. The number of hydrogen-bond acceptors (Lipinski definition) is 5. The van der Waals surface area contributed by atoms with E-state index in [0.29, 0.717) is 21.7 Å². The zero-order chi connectivity index (χ0) is 22.1. The topological polar surface area (TPSA) is 68.1 Å². The summed E-state index contributed by atoms with van der Waals surface area (Å²) in [7, 11) is 1.38. The molecular formula is C21H19ClF3N3O2. The SMILES string of the molecule is COc1nc(-c2ccc(C(F)(F)F)c(C(C)C)c2)nc(-c2cc(CO)ccc2Cl)n1. The van der Waals surface area contributed by atoms with Crippen LogP contribution in [0.15, 0.2) is 36.4 Å². The summed E-state index contributed by atoms with van der Waals surface area (Å²) in [4.78, 5) is 12.8. The van der Waals surface area contributed by atoms with Crippen LogP contribution >= 0.6 is 11.6 Å². The van der Waals surface area contributed by atoms with Crippen molar-refractivity contribution >= 4 is 11.6 Å². The average molecular weight is 438 g/mol. The van der Waals surface area contributed by atoms with E-state index in [9.17, 15) is 18.3 Å². The van der Waals surface area contributed by atoms with Crippen LogP contribution in [0.4, 0.5) is 13.2 Å². The van der Waals surface area contributed by atoms with Crippen LogP contribution in [0.3, 0.4) is 0 Å². The highest BCUT2D eigenvalue weighted by atomic mass is 35.5. The number of rotatable bonds is 5. The molecule has 0 amide bonds. The molecule has 2 aromatic carbocycles. The number of nitrogens with zero attached hydrogens (tertiary/aromatic N) is 3. The van der Waals surface area contributed by atoms with Crippen LogP contribution in [-0.2, 0) is 12.8 Å². The Kier molecular flexibility index (Phi) is 6.28. The van der Waals surface area contributed by atoms with Crippen LogP contribution in [0.2, 0.25) is 5.02 Å². The summed E-state index contributed by atoms with van der Waals surface area (Å²) in [5.74, 6) is -0.0263. The summed E-state index contributed by atoms with van der Waals surface area (Å²) in [6.45, 7) is 3.18. The van der Waals surface area contributed by atoms with E-state index in [-0.39, 0.29) is 35.7 Å². The van der Waals surface area contributed by atoms with Gasteiger partial charge in [0.1, 0.15) is 0 Å². The second kappa shape index (κ2) is 8.57. The fourth-order valence-electron chi connectivity index (χ4n) is 2.98. The third-order valence-electron chi connectivity index (χ3n) is 4.49. The molecule has 0 saturated heterocycles. The van der Waals surface area contributed by atoms with Crippen molar-refractivity contribution in [3.05, 3.63) is 58.1 Å². The molecular weight excluding hydrogens is 419 g/mol. The van der Waals surface area contributed by atoms with Crippen molar-refractivity contribution in [2.45, 2.75) is 32.5 Å². The maximum atomic E-state index is 13.4. The molecule has 0 bridgehead atoms. The van der Waals surface area contributed by atoms with E-state index in [1.165, 1.54) is 19.2 Å². The number of methoxy groups -OCH3 is 1. The molecule has 3 aromatic rings. The summed E-state index contributed by atoms with van der Waals surface area (Å²) < 4.78 is 45.3. The van der Waals surface area contributed by atoms with Gasteiger partial charge in [0.2, 0.25) is 0 Å². The zero-order valence-electron chi connectivity index (χ0n) is 16.5. The molecule has 1 aromatic heterocycles. The fourth-order valence-corrected chi connectivity index (χ4v) is 3.18. The van der Waals surface area contributed by atoms with Crippen LogP contribution in [0.5, 0.6) is 6.01 Å². The van der Waals surface area contributed by atoms with Crippen molar-refractivity contribution < 1.29 is 23.0 Å². The highest BCUT2D eigenvalue weighted by Crippen LogP contribution is 2.37. The molecule has 0 aliphatic heterocycles. The molecule has 0 saturated carbocycles. The number of aliphatic hydroxyl groups excluding tert-OH is 1. The minimum atomic E-state index is -4.46. The van der Waals surface area contributed by atoms with Crippen molar-refractivity contribution in [2.75, 3.05) is 7.11 Å². The molecule has 0 fully saturated rings. The van der Waals surface area contributed by atoms with Gasteiger partial charge in [0, 0.05) is 11.1 Å². The maximum absolute atomic E-state index is 13.4. The van der Waals surface area contributed by atoms with E-state index in [1.54, 1.807) is 32.0 Å². The lowest BCUT2D eigenvalue weighted by Gasteiger charge is -2.17. The number of aliphatic hydroxyl groups is 1. The summed E-state index contributed by atoms with van der Waals surface area (Å²) in [6.07, 6.45) is -4.46. The third kappa shape index (κ3) is 4.55. The Balaban J connectivity index is 2.18. The molecule has 0 atom stereocenters. The van der Waals surface area contributed by atoms with Gasteiger partial charge in [-0.15, -0.1) is 0 Å². The number of benzene rings is 2. The van der Waals surface area contributed by atoms with Gasteiger partial charge in [-0.1, -0.05) is 37.6 Å². The van der Waals surface area contributed by atoms with E-state index in [0.717, 1.165) is 6.07 Å². The summed E-state index contributed by atoms with van der Waals surface area (Å²) in [5, 5.41) is 9.74. The molecule has 1 N–H and O–H groups in total. The molecule has 0 aliphatic rings. The van der Waals surface area contributed by atoms with E-state index < -0.39 is 11.7 Å². The molecule has 0 unspecified atom stereocenters. The lowest BCUT2D eigenvalue weighted by Crippen LogP contribution is -2.10. The maximum Gasteiger partial charge on any atom is 0.416 e. The molecule has 0 aliphatic carbocycles. The first-order valence-corrected chi connectivity index (χ1v) is 9.43. The normalized spacial score (nSPS) is 11.8. The molecule has 30 heavy (non-hydrogen) atoms. The van der Waals surface area contributed by atoms with E-state index in [2.05, 4.69) is 15.0 Å². The summed E-state index contributed by atoms with van der Waals surface area (Å²) >= 11 is 6.27. The number of aromatic nitrogens is 3. The first-order chi connectivity index (χ1) is 14.1. The minimum absolute atomic E-state index is 0.00790. The fraction of sp³-hybridized carbons (Fsp3) is 0.286. The molecule has 3 rings (SSSR count). The van der Waals surface area contributed by atoms with Crippen molar-refractivity contribution in [2.24, 2.45) is 0 Å². The molecule has 158 valence electrons. The van der Waals surface area contributed by atoms with Gasteiger partial charge in [-0.05, 0) is 41.3 Å². The van der Waals surface area contributed by atoms with Gasteiger partial charge in [-0.3, -0.25) is 0 Å². The average Bonchev–Trinajstić information content (AvgIpc) is 2.72. The Hall–Kier alpha value is -2.71. The highest BCUT2D eigenvalue weighted by molar-refractivity contribution is 6.33. The Bertz CT molecular complexity index is 1070. The third-order valence-corrected chi connectivity index (χ3v) is 4.82. The number of halogens is 4. The second-order valence-electron chi connectivity index (χ2n) is 6.90. The van der Waals surface area contributed by atoms with Gasteiger partial charge < -0.3 is 9.84 Å². The molecule has 9 heteroatoms. The largest absolute Gasteiger partial charge is 0.467 e. The summed E-state index contributed by atoms with van der Waals surface area (Å²) in [6, 6.07) is 8.67. The van der Waals surface area contributed by atoms with E-state index in [4.69, 9.17) is 16.3 Å². The van der Waals surface area contributed by atoms with Gasteiger partial charge in [0.15, 0.2) is 11.6 Å². The Labute approximate surface area is 176 Å². The van der Waals surface area contributed by atoms with Crippen LogP contribution < -0.4 is 4.74 Å². The zero-order valence-corrected chi connectivity index (χ0v) is 17.2. The van der Waals surface area contributed by atoms with E-state index in [1.807, 2.05) is 0 Å². The van der Waals surface area contributed by atoms with Crippen molar-refractivity contribution in [3.8, 4) is 28.8 Å².